The van der Waals surface area contributed by atoms with Gasteiger partial charge >= 0.3 is 0 Å². The number of para-hydroxylation sites is 1. The SMILES string of the molecule is [2H]C(C)(C)c1ccnc(-c2cc(-c3ccccc3)c3c(c2)oc2ccccc23)c1. The molecule has 0 N–H and O–H groups in total. The molecule has 0 unspecified atom stereocenters. The first-order chi connectivity index (χ1) is 14.0. The van der Waals surface area contributed by atoms with Crippen molar-refractivity contribution in [2.45, 2.75) is 19.7 Å². The second-order valence-electron chi connectivity index (χ2n) is 7.29. The molecule has 0 fully saturated rings. The summed E-state index contributed by atoms with van der Waals surface area (Å²) in [5.74, 6) is -0.677. The van der Waals surface area contributed by atoms with E-state index < -0.39 is 5.89 Å². The maximum absolute atomic E-state index is 8.37. The van der Waals surface area contributed by atoms with Gasteiger partial charge in [0.25, 0.3) is 0 Å². The van der Waals surface area contributed by atoms with Crippen LogP contribution in [-0.4, -0.2) is 4.98 Å². The lowest BCUT2D eigenvalue weighted by molar-refractivity contribution is 0.669. The summed E-state index contributed by atoms with van der Waals surface area (Å²) in [6, 6.07) is 26.7. The smallest absolute Gasteiger partial charge is 0.136 e. The van der Waals surface area contributed by atoms with Gasteiger partial charge in [-0.25, -0.2) is 0 Å². The van der Waals surface area contributed by atoms with Gasteiger partial charge in [-0.05, 0) is 52.9 Å². The van der Waals surface area contributed by atoms with Gasteiger partial charge in [0.05, 0.1) is 5.69 Å². The summed E-state index contributed by atoms with van der Waals surface area (Å²) in [6.45, 7) is 3.79. The fraction of sp³-hybridized carbons (Fsp3) is 0.115. The third-order valence-electron chi connectivity index (χ3n) is 5.20. The van der Waals surface area contributed by atoms with Gasteiger partial charge in [-0.15, -0.1) is 0 Å². The van der Waals surface area contributed by atoms with Gasteiger partial charge in [-0.3, -0.25) is 4.98 Å². The molecule has 2 nitrogen and oxygen atoms in total. The van der Waals surface area contributed by atoms with Crippen molar-refractivity contribution in [2.24, 2.45) is 0 Å². The molecule has 5 rings (SSSR count). The minimum absolute atomic E-state index is 0.677. The fourth-order valence-electron chi connectivity index (χ4n) is 3.75. The lowest BCUT2D eigenvalue weighted by atomic mass is 9.95. The van der Waals surface area contributed by atoms with E-state index >= 15 is 0 Å². The lowest BCUT2D eigenvalue weighted by Gasteiger charge is -2.10. The average molecular weight is 364 g/mol. The molecule has 2 aromatic heterocycles. The monoisotopic (exact) mass is 364 g/mol. The van der Waals surface area contributed by atoms with Crippen LogP contribution >= 0.6 is 0 Å². The molecule has 0 aliphatic rings. The predicted molar refractivity (Wildman–Crippen MR) is 116 cm³/mol. The van der Waals surface area contributed by atoms with Crippen LogP contribution in [0.15, 0.2) is 89.5 Å². The molecule has 0 radical (unpaired) electrons. The summed E-state index contributed by atoms with van der Waals surface area (Å²) in [5, 5.41) is 2.23. The molecule has 0 saturated heterocycles. The largest absolute Gasteiger partial charge is 0.456 e. The molecule has 0 saturated carbocycles. The van der Waals surface area contributed by atoms with Gasteiger partial charge in [0.1, 0.15) is 11.2 Å². The second-order valence-corrected chi connectivity index (χ2v) is 7.29. The molecule has 3 aromatic carbocycles. The fourth-order valence-corrected chi connectivity index (χ4v) is 3.75. The highest BCUT2D eigenvalue weighted by atomic mass is 16.3. The van der Waals surface area contributed by atoms with Gasteiger partial charge < -0.3 is 4.42 Å². The zero-order chi connectivity index (χ0) is 20.0. The van der Waals surface area contributed by atoms with Crippen LogP contribution in [0.3, 0.4) is 0 Å². The first kappa shape index (κ1) is 15.6. The third kappa shape index (κ3) is 2.78. The quantitative estimate of drug-likeness (QED) is 0.332. The molecule has 0 aliphatic carbocycles. The number of hydrogen-bond donors (Lipinski definition) is 0. The number of nitrogens with zero attached hydrogens (tertiary/aromatic N) is 1. The Bertz CT molecular complexity index is 1330. The van der Waals surface area contributed by atoms with Crippen molar-refractivity contribution >= 4 is 21.9 Å². The molecule has 136 valence electrons. The number of rotatable bonds is 3. The van der Waals surface area contributed by atoms with Crippen molar-refractivity contribution in [3.8, 4) is 22.4 Å². The Labute approximate surface area is 165 Å². The van der Waals surface area contributed by atoms with Crippen molar-refractivity contribution in [2.75, 3.05) is 0 Å². The Morgan fingerprint density at radius 1 is 0.821 bits per heavy atom. The Hall–Kier alpha value is -3.39. The van der Waals surface area contributed by atoms with E-state index in [-0.39, 0.29) is 0 Å². The minimum atomic E-state index is -0.677. The van der Waals surface area contributed by atoms with Crippen LogP contribution in [-0.2, 0) is 0 Å². The Balaban J connectivity index is 1.82. The molecule has 0 amide bonds. The van der Waals surface area contributed by atoms with Crippen LogP contribution in [0, 0.1) is 0 Å². The molecule has 28 heavy (non-hydrogen) atoms. The van der Waals surface area contributed by atoms with Crippen LogP contribution in [0.2, 0.25) is 0 Å². The molecular formula is C26H21NO. The number of fused-ring (bicyclic) bond motifs is 3. The van der Waals surface area contributed by atoms with E-state index in [2.05, 4.69) is 47.4 Å². The van der Waals surface area contributed by atoms with Crippen molar-refractivity contribution in [1.82, 2.24) is 4.98 Å². The van der Waals surface area contributed by atoms with E-state index in [4.69, 9.17) is 5.79 Å². The molecule has 0 atom stereocenters. The summed E-state index contributed by atoms with van der Waals surface area (Å²) in [5.41, 5.74) is 6.77. The van der Waals surface area contributed by atoms with Crippen LogP contribution in [0.1, 0.15) is 26.7 Å². The molecule has 0 spiro atoms. The molecule has 5 aromatic rings. The normalized spacial score (nSPS) is 12.4. The third-order valence-corrected chi connectivity index (χ3v) is 5.20. The Morgan fingerprint density at radius 3 is 2.43 bits per heavy atom. The highest BCUT2D eigenvalue weighted by molar-refractivity contribution is 6.13. The van der Waals surface area contributed by atoms with Crippen molar-refractivity contribution in [3.05, 3.63) is 90.6 Å². The first-order valence-electron chi connectivity index (χ1n) is 9.98. The maximum Gasteiger partial charge on any atom is 0.136 e. The van der Waals surface area contributed by atoms with E-state index in [0.717, 1.165) is 49.9 Å². The highest BCUT2D eigenvalue weighted by Crippen LogP contribution is 2.39. The summed E-state index contributed by atoms with van der Waals surface area (Å²) in [4.78, 5) is 4.59. The van der Waals surface area contributed by atoms with Gasteiger partial charge in [0.15, 0.2) is 0 Å². The van der Waals surface area contributed by atoms with E-state index in [1.165, 1.54) is 0 Å². The first-order valence-corrected chi connectivity index (χ1v) is 9.48. The van der Waals surface area contributed by atoms with Crippen LogP contribution in [0.5, 0.6) is 0 Å². The number of benzene rings is 3. The lowest BCUT2D eigenvalue weighted by Crippen LogP contribution is -1.91. The van der Waals surface area contributed by atoms with E-state index in [1.807, 2.05) is 50.2 Å². The molecule has 2 heteroatoms. The number of aromatic nitrogens is 1. The second kappa shape index (κ2) is 6.65. The standard InChI is InChI=1S/C26H21NO/c1-17(2)19-12-13-27-23(15-19)20-14-22(18-8-4-3-5-9-18)26-21-10-6-7-11-24(21)28-25(26)16-20/h3-17H,1-2H3/i17D. The van der Waals surface area contributed by atoms with Crippen LogP contribution < -0.4 is 0 Å². The number of hydrogen-bond acceptors (Lipinski definition) is 2. The van der Waals surface area contributed by atoms with Crippen molar-refractivity contribution in [1.29, 1.82) is 0 Å². The Morgan fingerprint density at radius 2 is 1.61 bits per heavy atom. The van der Waals surface area contributed by atoms with Gasteiger partial charge in [0, 0.05) is 23.9 Å². The van der Waals surface area contributed by atoms with E-state index in [9.17, 15) is 0 Å². The summed E-state index contributed by atoms with van der Waals surface area (Å²) < 4.78 is 14.6. The molecule has 0 bridgehead atoms. The zero-order valence-electron chi connectivity index (χ0n) is 16.9. The van der Waals surface area contributed by atoms with Crippen molar-refractivity contribution in [3.63, 3.8) is 0 Å². The number of furan rings is 1. The van der Waals surface area contributed by atoms with Gasteiger partial charge in [-0.2, -0.15) is 0 Å². The topological polar surface area (TPSA) is 26.0 Å². The highest BCUT2D eigenvalue weighted by Gasteiger charge is 2.15. The maximum atomic E-state index is 8.37. The molecule has 0 aliphatic heterocycles. The van der Waals surface area contributed by atoms with Gasteiger partial charge in [0.2, 0.25) is 0 Å². The summed E-state index contributed by atoms with van der Waals surface area (Å²) in [7, 11) is 0. The zero-order valence-corrected chi connectivity index (χ0v) is 15.9. The van der Waals surface area contributed by atoms with Gasteiger partial charge in [-0.1, -0.05) is 62.4 Å². The van der Waals surface area contributed by atoms with E-state index in [0.29, 0.717) is 0 Å². The van der Waals surface area contributed by atoms with Crippen molar-refractivity contribution < 1.29 is 5.79 Å². The van der Waals surface area contributed by atoms with Crippen LogP contribution in [0.25, 0.3) is 44.3 Å². The molecular weight excluding hydrogens is 342 g/mol. The predicted octanol–water partition coefficient (Wildman–Crippen LogP) is 7.44. The van der Waals surface area contributed by atoms with E-state index in [1.54, 1.807) is 6.20 Å². The number of pyridine rings is 1. The summed E-state index contributed by atoms with van der Waals surface area (Å²) in [6.07, 6.45) is 1.78. The molecule has 2 heterocycles. The van der Waals surface area contributed by atoms with Crippen LogP contribution in [0.4, 0.5) is 0 Å². The minimum Gasteiger partial charge on any atom is -0.456 e. The summed E-state index contributed by atoms with van der Waals surface area (Å²) >= 11 is 0. The average Bonchev–Trinajstić information content (AvgIpc) is 3.12. The Kier molecular flexibility index (Phi) is 3.71.